The van der Waals surface area contributed by atoms with Gasteiger partial charge in [-0.2, -0.15) is 0 Å². The van der Waals surface area contributed by atoms with Crippen molar-refractivity contribution in [2.24, 2.45) is 11.7 Å². The zero-order chi connectivity index (χ0) is 10.7. The Kier molecular flexibility index (Phi) is 3.92. The third-order valence-electron chi connectivity index (χ3n) is 2.00. The highest BCUT2D eigenvalue weighted by Gasteiger charge is 2.18. The van der Waals surface area contributed by atoms with E-state index in [0.29, 0.717) is 10.9 Å². The van der Waals surface area contributed by atoms with E-state index >= 15 is 0 Å². The SMILES string of the molecule is CC(CN)C(=O)N(C)c1ccc(Cl)s1. The van der Waals surface area contributed by atoms with E-state index in [2.05, 4.69) is 0 Å². The molecule has 0 fully saturated rings. The van der Waals surface area contributed by atoms with Crippen LogP contribution in [-0.4, -0.2) is 19.5 Å². The molecule has 1 unspecified atom stereocenters. The highest BCUT2D eigenvalue weighted by Crippen LogP contribution is 2.29. The maximum atomic E-state index is 11.7. The van der Waals surface area contributed by atoms with Crippen LogP contribution >= 0.6 is 22.9 Å². The van der Waals surface area contributed by atoms with E-state index in [0.717, 1.165) is 5.00 Å². The molecule has 1 aromatic rings. The van der Waals surface area contributed by atoms with E-state index < -0.39 is 0 Å². The van der Waals surface area contributed by atoms with Crippen molar-refractivity contribution in [1.82, 2.24) is 0 Å². The van der Waals surface area contributed by atoms with Gasteiger partial charge in [0.2, 0.25) is 5.91 Å². The van der Waals surface area contributed by atoms with Gasteiger partial charge in [0.15, 0.2) is 0 Å². The molecule has 5 heteroatoms. The molecule has 1 atom stereocenters. The molecule has 1 heterocycles. The van der Waals surface area contributed by atoms with E-state index in [4.69, 9.17) is 17.3 Å². The third kappa shape index (κ3) is 2.47. The molecule has 0 bridgehead atoms. The maximum Gasteiger partial charge on any atom is 0.231 e. The van der Waals surface area contributed by atoms with Crippen LogP contribution in [0.3, 0.4) is 0 Å². The lowest BCUT2D eigenvalue weighted by atomic mass is 10.1. The van der Waals surface area contributed by atoms with Crippen molar-refractivity contribution in [2.45, 2.75) is 6.92 Å². The molecule has 0 saturated heterocycles. The van der Waals surface area contributed by atoms with Crippen molar-refractivity contribution in [1.29, 1.82) is 0 Å². The Morgan fingerprint density at radius 3 is 2.79 bits per heavy atom. The van der Waals surface area contributed by atoms with E-state index in [1.54, 1.807) is 18.0 Å². The molecule has 0 aromatic carbocycles. The number of amides is 1. The van der Waals surface area contributed by atoms with Gasteiger partial charge in [-0.1, -0.05) is 18.5 Å². The standard InChI is InChI=1S/C9H13ClN2OS/c1-6(5-11)9(13)12(2)8-4-3-7(10)14-8/h3-4,6H,5,11H2,1-2H3. The number of anilines is 1. The van der Waals surface area contributed by atoms with Gasteiger partial charge in [0.1, 0.15) is 0 Å². The molecule has 1 aromatic heterocycles. The third-order valence-corrected chi connectivity index (χ3v) is 3.30. The zero-order valence-corrected chi connectivity index (χ0v) is 9.73. The predicted octanol–water partition coefficient (Wildman–Crippen LogP) is 1.96. The van der Waals surface area contributed by atoms with Gasteiger partial charge in [-0.25, -0.2) is 0 Å². The normalized spacial score (nSPS) is 12.6. The first-order valence-electron chi connectivity index (χ1n) is 4.29. The second-order valence-electron chi connectivity index (χ2n) is 3.11. The lowest BCUT2D eigenvalue weighted by molar-refractivity contribution is -0.121. The second kappa shape index (κ2) is 4.77. The van der Waals surface area contributed by atoms with Crippen LogP contribution in [-0.2, 0) is 4.79 Å². The molecular weight excluding hydrogens is 220 g/mol. The summed E-state index contributed by atoms with van der Waals surface area (Å²) in [6.45, 7) is 2.18. The smallest absolute Gasteiger partial charge is 0.231 e. The van der Waals surface area contributed by atoms with E-state index in [9.17, 15) is 4.79 Å². The van der Waals surface area contributed by atoms with Crippen molar-refractivity contribution in [3.05, 3.63) is 16.5 Å². The van der Waals surface area contributed by atoms with E-state index in [1.807, 2.05) is 13.0 Å². The highest BCUT2D eigenvalue weighted by atomic mass is 35.5. The van der Waals surface area contributed by atoms with Crippen molar-refractivity contribution >= 4 is 33.8 Å². The topological polar surface area (TPSA) is 46.3 Å². The number of hydrogen-bond acceptors (Lipinski definition) is 3. The molecular formula is C9H13ClN2OS. The number of halogens is 1. The fraction of sp³-hybridized carbons (Fsp3) is 0.444. The van der Waals surface area contributed by atoms with Crippen LogP contribution in [0.25, 0.3) is 0 Å². The maximum absolute atomic E-state index is 11.7. The van der Waals surface area contributed by atoms with Crippen molar-refractivity contribution in [3.8, 4) is 0 Å². The minimum absolute atomic E-state index is 0.0195. The van der Waals surface area contributed by atoms with E-state index in [-0.39, 0.29) is 11.8 Å². The average molecular weight is 233 g/mol. The van der Waals surface area contributed by atoms with Gasteiger partial charge in [-0.15, -0.1) is 11.3 Å². The largest absolute Gasteiger partial charge is 0.330 e. The molecule has 0 aliphatic carbocycles. The lowest BCUT2D eigenvalue weighted by Gasteiger charge is -2.18. The van der Waals surface area contributed by atoms with Gasteiger partial charge in [0.25, 0.3) is 0 Å². The predicted molar refractivity (Wildman–Crippen MR) is 61.0 cm³/mol. The Morgan fingerprint density at radius 1 is 1.71 bits per heavy atom. The molecule has 1 rings (SSSR count). The molecule has 0 aliphatic heterocycles. The van der Waals surface area contributed by atoms with Crippen LogP contribution in [0.2, 0.25) is 4.34 Å². The summed E-state index contributed by atoms with van der Waals surface area (Å²) in [5.74, 6) is -0.133. The Labute approximate surface area is 92.5 Å². The van der Waals surface area contributed by atoms with Crippen molar-refractivity contribution in [3.63, 3.8) is 0 Å². The number of rotatable bonds is 3. The van der Waals surface area contributed by atoms with Crippen LogP contribution in [0.15, 0.2) is 12.1 Å². The molecule has 3 nitrogen and oxygen atoms in total. The minimum atomic E-state index is -0.152. The summed E-state index contributed by atoms with van der Waals surface area (Å²) in [6.07, 6.45) is 0. The van der Waals surface area contributed by atoms with Crippen molar-refractivity contribution in [2.75, 3.05) is 18.5 Å². The van der Waals surface area contributed by atoms with Gasteiger partial charge >= 0.3 is 0 Å². The summed E-state index contributed by atoms with van der Waals surface area (Å²) in [4.78, 5) is 13.3. The van der Waals surface area contributed by atoms with Crippen LogP contribution in [0.5, 0.6) is 0 Å². The summed E-state index contributed by atoms with van der Waals surface area (Å²) in [5, 5.41) is 0.848. The summed E-state index contributed by atoms with van der Waals surface area (Å²) < 4.78 is 0.681. The lowest BCUT2D eigenvalue weighted by Crippen LogP contribution is -2.34. The average Bonchev–Trinajstić information content (AvgIpc) is 2.61. The Hall–Kier alpha value is -0.580. The summed E-state index contributed by atoms with van der Waals surface area (Å²) in [6, 6.07) is 3.60. The van der Waals surface area contributed by atoms with Crippen LogP contribution in [0.1, 0.15) is 6.92 Å². The van der Waals surface area contributed by atoms with E-state index in [1.165, 1.54) is 11.3 Å². The molecule has 0 saturated carbocycles. The van der Waals surface area contributed by atoms with Gasteiger partial charge < -0.3 is 10.6 Å². The number of nitrogens with two attached hydrogens (primary N) is 1. The molecule has 0 aliphatic rings. The van der Waals surface area contributed by atoms with Gasteiger partial charge in [-0.05, 0) is 12.1 Å². The number of thiophene rings is 1. The molecule has 14 heavy (non-hydrogen) atoms. The van der Waals surface area contributed by atoms with Crippen LogP contribution < -0.4 is 10.6 Å². The minimum Gasteiger partial charge on any atom is -0.330 e. The Balaban J connectivity index is 2.75. The molecule has 0 radical (unpaired) electrons. The van der Waals surface area contributed by atoms with Crippen LogP contribution in [0.4, 0.5) is 5.00 Å². The molecule has 2 N–H and O–H groups in total. The Morgan fingerprint density at radius 2 is 2.36 bits per heavy atom. The molecule has 0 spiro atoms. The first kappa shape index (κ1) is 11.5. The monoisotopic (exact) mass is 232 g/mol. The first-order chi connectivity index (χ1) is 6.56. The van der Waals surface area contributed by atoms with Gasteiger partial charge in [0, 0.05) is 19.5 Å². The number of hydrogen-bond donors (Lipinski definition) is 1. The van der Waals surface area contributed by atoms with Crippen LogP contribution in [0, 0.1) is 5.92 Å². The molecule has 1 amide bonds. The number of carbonyl (C=O) groups is 1. The van der Waals surface area contributed by atoms with Gasteiger partial charge in [-0.3, -0.25) is 4.79 Å². The quantitative estimate of drug-likeness (QED) is 0.866. The second-order valence-corrected chi connectivity index (χ2v) is 4.81. The zero-order valence-electron chi connectivity index (χ0n) is 8.16. The fourth-order valence-electron chi connectivity index (χ4n) is 1.03. The Bertz CT molecular complexity index is 326. The first-order valence-corrected chi connectivity index (χ1v) is 5.48. The summed E-state index contributed by atoms with van der Waals surface area (Å²) >= 11 is 7.16. The van der Waals surface area contributed by atoms with Gasteiger partial charge in [0.05, 0.1) is 9.34 Å². The number of nitrogens with zero attached hydrogens (tertiary/aromatic N) is 1. The summed E-state index contributed by atoms with van der Waals surface area (Å²) in [7, 11) is 1.73. The molecule has 78 valence electrons. The highest BCUT2D eigenvalue weighted by molar-refractivity contribution is 7.20. The summed E-state index contributed by atoms with van der Waals surface area (Å²) in [5.41, 5.74) is 5.42. The number of carbonyl (C=O) groups excluding carboxylic acids is 1. The van der Waals surface area contributed by atoms with Crippen molar-refractivity contribution < 1.29 is 4.79 Å². The fourth-order valence-corrected chi connectivity index (χ4v) is 2.02.